The summed E-state index contributed by atoms with van der Waals surface area (Å²) in [6.07, 6.45) is 5.87. The number of nitrogens with zero attached hydrogens (tertiary/aromatic N) is 1. The molecule has 1 aliphatic heterocycles. The molecule has 1 aliphatic rings. The second kappa shape index (κ2) is 13.4. The molecule has 0 unspecified atom stereocenters. The Balaban J connectivity index is 0.00000420. The molecule has 1 aromatic carbocycles. The van der Waals surface area contributed by atoms with Crippen LogP contribution in [-0.4, -0.2) is 42.5 Å². The topological polar surface area (TPSA) is 72.5 Å². The maximum absolute atomic E-state index is 12.6. The number of carbonyl (C=O) groups is 2. The number of carbonyl (C=O) groups excluding carboxylic acids is 2. The zero-order valence-corrected chi connectivity index (χ0v) is 20.6. The van der Waals surface area contributed by atoms with E-state index in [2.05, 4.69) is 24.1 Å². The van der Waals surface area contributed by atoms with Crippen LogP contribution in [0.5, 0.6) is 0 Å². The molecule has 1 saturated heterocycles. The summed E-state index contributed by atoms with van der Waals surface area (Å²) in [5.41, 5.74) is 2.15. The van der Waals surface area contributed by atoms with Crippen molar-refractivity contribution < 1.29 is 44.3 Å². The summed E-state index contributed by atoms with van der Waals surface area (Å²) >= 11 is 0. The third-order valence-corrected chi connectivity index (χ3v) is 5.53. The van der Waals surface area contributed by atoms with Gasteiger partial charge in [-0.2, -0.15) is 0 Å². The Morgan fingerprint density at radius 2 is 1.69 bits per heavy atom. The molecule has 5 nitrogen and oxygen atoms in total. The van der Waals surface area contributed by atoms with E-state index in [0.717, 1.165) is 38.0 Å². The van der Waals surface area contributed by atoms with Crippen molar-refractivity contribution in [1.82, 2.24) is 10.2 Å². The van der Waals surface area contributed by atoms with Crippen molar-refractivity contribution in [2.75, 3.05) is 19.6 Å². The number of rotatable bonds is 10. The Morgan fingerprint density at radius 3 is 2.24 bits per heavy atom. The quantitative estimate of drug-likeness (QED) is 0.528. The van der Waals surface area contributed by atoms with Gasteiger partial charge in [0.25, 0.3) is 0 Å². The van der Waals surface area contributed by atoms with Gasteiger partial charge in [0, 0.05) is 0 Å². The third-order valence-electron chi connectivity index (χ3n) is 5.53. The maximum Gasteiger partial charge on any atom is 1.00 e. The molecule has 29 heavy (non-hydrogen) atoms. The number of hydrogen-bond donors (Lipinski definition) is 1. The van der Waals surface area contributed by atoms with Crippen molar-refractivity contribution in [2.45, 2.75) is 71.3 Å². The summed E-state index contributed by atoms with van der Waals surface area (Å²) in [7, 11) is 0. The van der Waals surface area contributed by atoms with Gasteiger partial charge in [-0.15, -0.1) is 0 Å². The van der Waals surface area contributed by atoms with Crippen LogP contribution >= 0.6 is 0 Å². The molecule has 1 aromatic rings. The van der Waals surface area contributed by atoms with Crippen LogP contribution < -0.4 is 40.0 Å². The van der Waals surface area contributed by atoms with E-state index in [-0.39, 0.29) is 35.5 Å². The zero-order chi connectivity index (χ0) is 20.5. The van der Waals surface area contributed by atoms with Crippen molar-refractivity contribution in [2.24, 2.45) is 5.92 Å². The second-order valence-corrected chi connectivity index (χ2v) is 8.49. The Hall–Kier alpha value is -0.880. The Morgan fingerprint density at radius 1 is 1.07 bits per heavy atom. The van der Waals surface area contributed by atoms with E-state index in [1.54, 1.807) is 0 Å². The Labute approximate surface area is 197 Å². The third kappa shape index (κ3) is 9.20. The molecule has 0 aromatic heterocycles. The predicted molar refractivity (Wildman–Crippen MR) is 110 cm³/mol. The molecule has 0 saturated carbocycles. The van der Waals surface area contributed by atoms with E-state index in [9.17, 15) is 14.7 Å². The van der Waals surface area contributed by atoms with Crippen LogP contribution in [-0.2, 0) is 16.0 Å². The van der Waals surface area contributed by atoms with Crippen LogP contribution in [0.3, 0.4) is 0 Å². The molecule has 0 bridgehead atoms. The van der Waals surface area contributed by atoms with E-state index in [1.165, 1.54) is 24.8 Å². The van der Waals surface area contributed by atoms with Crippen molar-refractivity contribution >= 4 is 11.9 Å². The van der Waals surface area contributed by atoms with Gasteiger partial charge >= 0.3 is 29.6 Å². The molecule has 0 spiro atoms. The van der Waals surface area contributed by atoms with Gasteiger partial charge in [-0.25, -0.2) is 0 Å². The Kier molecular flexibility index (Phi) is 12.1. The molecule has 0 aliphatic carbocycles. The van der Waals surface area contributed by atoms with E-state index in [0.29, 0.717) is 12.3 Å². The number of piperidine rings is 1. The minimum atomic E-state index is -1.20. The standard InChI is InChI=1S/C23H36N2O3.Na/c1-17(2)16-19-9-11-20(12-10-19)18(3)22(26)24-21(23(27)28)8-7-15-25-13-5-4-6-14-25;/h9-12,17-18,21H,4-8,13-16H2,1-3H3,(H,24,26)(H,27,28);/q;+1/p-1/t18-,21+;/m1./s1. The summed E-state index contributed by atoms with van der Waals surface area (Å²) in [5.74, 6) is -1.27. The van der Waals surface area contributed by atoms with Gasteiger partial charge < -0.3 is 20.1 Å². The van der Waals surface area contributed by atoms with E-state index < -0.39 is 17.9 Å². The molecular formula is C23H35N2NaO3. The van der Waals surface area contributed by atoms with Crippen molar-refractivity contribution in [3.05, 3.63) is 35.4 Å². The first-order valence-electron chi connectivity index (χ1n) is 10.7. The molecule has 6 heteroatoms. The summed E-state index contributed by atoms with van der Waals surface area (Å²) in [6, 6.07) is 7.10. The number of hydrogen-bond acceptors (Lipinski definition) is 4. The van der Waals surface area contributed by atoms with E-state index in [1.807, 2.05) is 31.2 Å². The number of nitrogens with one attached hydrogen (secondary N) is 1. The first-order chi connectivity index (χ1) is 13.4. The maximum atomic E-state index is 12.6. The van der Waals surface area contributed by atoms with Crippen LogP contribution in [0.2, 0.25) is 0 Å². The molecule has 156 valence electrons. The average molecular weight is 411 g/mol. The fourth-order valence-corrected chi connectivity index (χ4v) is 3.81. The van der Waals surface area contributed by atoms with Gasteiger partial charge in [0.1, 0.15) is 0 Å². The van der Waals surface area contributed by atoms with Gasteiger partial charge in [-0.1, -0.05) is 44.5 Å². The van der Waals surface area contributed by atoms with E-state index in [4.69, 9.17) is 0 Å². The molecular weight excluding hydrogens is 375 g/mol. The molecule has 0 radical (unpaired) electrons. The van der Waals surface area contributed by atoms with Gasteiger partial charge in [0.15, 0.2) is 0 Å². The monoisotopic (exact) mass is 410 g/mol. The van der Waals surface area contributed by atoms with Crippen LogP contribution in [0.25, 0.3) is 0 Å². The molecule has 1 fully saturated rings. The number of carboxylic acid groups (broad SMARTS) is 1. The van der Waals surface area contributed by atoms with Crippen LogP contribution in [0.15, 0.2) is 24.3 Å². The van der Waals surface area contributed by atoms with Gasteiger partial charge in [0.05, 0.1) is 17.9 Å². The molecule has 2 rings (SSSR count). The van der Waals surface area contributed by atoms with Crippen LogP contribution in [0.1, 0.15) is 69.9 Å². The van der Waals surface area contributed by atoms with Crippen molar-refractivity contribution in [1.29, 1.82) is 0 Å². The molecule has 2 atom stereocenters. The summed E-state index contributed by atoms with van der Waals surface area (Å²) in [4.78, 5) is 26.4. The SMILES string of the molecule is CC(C)Cc1ccc([C@@H](C)C(=O)N[C@@H](CCCN2CCCCC2)C(=O)[O-])cc1.[Na+]. The molecule has 1 N–H and O–H groups in total. The largest absolute Gasteiger partial charge is 1.00 e. The summed E-state index contributed by atoms with van der Waals surface area (Å²) in [5, 5.41) is 14.2. The van der Waals surface area contributed by atoms with Gasteiger partial charge in [0.2, 0.25) is 5.91 Å². The summed E-state index contributed by atoms with van der Waals surface area (Å²) < 4.78 is 0. The normalized spacial score (nSPS) is 16.7. The first-order valence-corrected chi connectivity index (χ1v) is 10.7. The Bertz CT molecular complexity index is 628. The van der Waals surface area contributed by atoms with Gasteiger partial charge in [-0.05, 0) is 75.7 Å². The number of benzene rings is 1. The second-order valence-electron chi connectivity index (χ2n) is 8.49. The van der Waals surface area contributed by atoms with Crippen LogP contribution in [0, 0.1) is 5.92 Å². The minimum absolute atomic E-state index is 0. The van der Waals surface area contributed by atoms with Crippen molar-refractivity contribution in [3.63, 3.8) is 0 Å². The molecule has 1 amide bonds. The van der Waals surface area contributed by atoms with E-state index >= 15 is 0 Å². The van der Waals surface area contributed by atoms with Gasteiger partial charge in [-0.3, -0.25) is 4.79 Å². The number of carboxylic acids is 1. The number of amides is 1. The predicted octanol–water partition coefficient (Wildman–Crippen LogP) is -0.507. The number of aliphatic carboxylic acids is 1. The van der Waals surface area contributed by atoms with Crippen LogP contribution in [0.4, 0.5) is 0 Å². The summed E-state index contributed by atoms with van der Waals surface area (Å²) in [6.45, 7) is 9.22. The first kappa shape index (κ1) is 26.2. The zero-order valence-electron chi connectivity index (χ0n) is 18.6. The average Bonchev–Trinajstić information content (AvgIpc) is 2.67. The fraction of sp³-hybridized carbons (Fsp3) is 0.652. The van der Waals surface area contributed by atoms with Crippen molar-refractivity contribution in [3.8, 4) is 0 Å². The fourth-order valence-electron chi connectivity index (χ4n) is 3.81. The number of likely N-dealkylation sites (tertiary alicyclic amines) is 1. The minimum Gasteiger partial charge on any atom is -0.548 e. The smallest absolute Gasteiger partial charge is 0.548 e. The molecule has 1 heterocycles.